The molecular weight excluding hydrogens is 330 g/mol. The predicted molar refractivity (Wildman–Crippen MR) is 96.8 cm³/mol. The molecule has 1 aromatic heterocycles. The lowest BCUT2D eigenvalue weighted by Crippen LogP contribution is -2.52. The summed E-state index contributed by atoms with van der Waals surface area (Å²) >= 11 is 0. The molecule has 26 heavy (non-hydrogen) atoms. The van der Waals surface area contributed by atoms with Gasteiger partial charge in [-0.25, -0.2) is 0 Å². The highest BCUT2D eigenvalue weighted by Crippen LogP contribution is 2.42. The van der Waals surface area contributed by atoms with E-state index < -0.39 is 0 Å². The molecule has 138 valence electrons. The Morgan fingerprint density at radius 1 is 1.38 bits per heavy atom. The van der Waals surface area contributed by atoms with E-state index in [0.29, 0.717) is 25.1 Å². The summed E-state index contributed by atoms with van der Waals surface area (Å²) in [6.45, 7) is 1.31. The van der Waals surface area contributed by atoms with Crippen LogP contribution in [0.2, 0.25) is 0 Å². The number of likely N-dealkylation sites (tertiary alicyclic amines) is 1. The SMILES string of the molecule is CO[C@@]12CC[C@@H](O)C[C@@H]1N(C(=O)c1cccc(Cn3cccn3)c1)CC2. The van der Waals surface area contributed by atoms with Crippen LogP contribution in [-0.4, -0.2) is 57.1 Å². The zero-order valence-electron chi connectivity index (χ0n) is 15.0. The van der Waals surface area contributed by atoms with Crippen LogP contribution < -0.4 is 0 Å². The van der Waals surface area contributed by atoms with Crippen molar-refractivity contribution in [2.75, 3.05) is 13.7 Å². The van der Waals surface area contributed by atoms with Crippen LogP contribution in [0.25, 0.3) is 0 Å². The lowest BCUT2D eigenvalue weighted by atomic mass is 9.79. The summed E-state index contributed by atoms with van der Waals surface area (Å²) in [5.74, 6) is 0.0188. The monoisotopic (exact) mass is 355 g/mol. The van der Waals surface area contributed by atoms with Crippen LogP contribution >= 0.6 is 0 Å². The third-order valence-corrected chi connectivity index (χ3v) is 5.90. The van der Waals surface area contributed by atoms with E-state index >= 15 is 0 Å². The van der Waals surface area contributed by atoms with Crippen LogP contribution in [0.4, 0.5) is 0 Å². The normalized spacial score (nSPS) is 28.2. The molecule has 1 aromatic carbocycles. The first-order chi connectivity index (χ1) is 12.6. The fourth-order valence-corrected chi connectivity index (χ4v) is 4.47. The highest BCUT2D eigenvalue weighted by atomic mass is 16.5. The Morgan fingerprint density at radius 3 is 3.04 bits per heavy atom. The number of amides is 1. The lowest BCUT2D eigenvalue weighted by Gasteiger charge is -2.42. The van der Waals surface area contributed by atoms with Gasteiger partial charge in [0.15, 0.2) is 0 Å². The summed E-state index contributed by atoms with van der Waals surface area (Å²) in [5, 5.41) is 14.3. The molecule has 2 aliphatic rings. The zero-order chi connectivity index (χ0) is 18.1. The Labute approximate surface area is 153 Å². The fraction of sp³-hybridized carbons (Fsp3) is 0.500. The molecule has 1 aliphatic heterocycles. The maximum atomic E-state index is 13.2. The second-order valence-electron chi connectivity index (χ2n) is 7.37. The van der Waals surface area contributed by atoms with Gasteiger partial charge in [0.05, 0.1) is 24.3 Å². The standard InChI is InChI=1S/C20H25N3O3/c1-26-20-7-6-17(24)13-18(20)23(11-8-20)19(25)16-5-2-4-15(12-16)14-22-10-3-9-21-22/h2-5,9-10,12,17-18,24H,6-8,11,13-14H2,1H3/t17-,18+,20-/m1/s1. The third kappa shape index (κ3) is 3.04. The molecule has 1 amide bonds. The lowest BCUT2D eigenvalue weighted by molar-refractivity contribution is -0.0824. The molecule has 3 atom stereocenters. The number of hydrogen-bond acceptors (Lipinski definition) is 4. The Morgan fingerprint density at radius 2 is 2.27 bits per heavy atom. The molecule has 0 spiro atoms. The molecule has 0 radical (unpaired) electrons. The minimum absolute atomic E-state index is 0.0188. The van der Waals surface area contributed by atoms with Gasteiger partial charge in [-0.05, 0) is 49.4 Å². The number of aliphatic hydroxyl groups is 1. The van der Waals surface area contributed by atoms with Gasteiger partial charge in [-0.2, -0.15) is 5.10 Å². The number of hydrogen-bond donors (Lipinski definition) is 1. The van der Waals surface area contributed by atoms with Crippen molar-refractivity contribution in [3.63, 3.8) is 0 Å². The highest BCUT2D eigenvalue weighted by molar-refractivity contribution is 5.95. The average Bonchev–Trinajstić information content (AvgIpc) is 3.29. The van der Waals surface area contributed by atoms with Gasteiger partial charge in [0.25, 0.3) is 5.91 Å². The van der Waals surface area contributed by atoms with Crippen molar-refractivity contribution >= 4 is 5.91 Å². The molecule has 2 heterocycles. The van der Waals surface area contributed by atoms with Gasteiger partial charge >= 0.3 is 0 Å². The van der Waals surface area contributed by atoms with Gasteiger partial charge in [0.2, 0.25) is 0 Å². The third-order valence-electron chi connectivity index (χ3n) is 5.90. The fourth-order valence-electron chi connectivity index (χ4n) is 4.47. The second-order valence-corrected chi connectivity index (χ2v) is 7.37. The van der Waals surface area contributed by atoms with Gasteiger partial charge in [0, 0.05) is 31.6 Å². The summed E-state index contributed by atoms with van der Waals surface area (Å²) in [5.41, 5.74) is 1.42. The number of fused-ring (bicyclic) bond motifs is 1. The first-order valence-corrected chi connectivity index (χ1v) is 9.22. The number of carbonyl (C=O) groups is 1. The first kappa shape index (κ1) is 17.2. The van der Waals surface area contributed by atoms with Crippen LogP contribution in [0, 0.1) is 0 Å². The van der Waals surface area contributed by atoms with E-state index in [0.717, 1.165) is 24.8 Å². The first-order valence-electron chi connectivity index (χ1n) is 9.22. The zero-order valence-corrected chi connectivity index (χ0v) is 15.0. The minimum atomic E-state index is -0.358. The number of ether oxygens (including phenoxy) is 1. The van der Waals surface area contributed by atoms with Crippen LogP contribution in [0.3, 0.4) is 0 Å². The largest absolute Gasteiger partial charge is 0.393 e. The van der Waals surface area contributed by atoms with E-state index in [1.807, 2.05) is 46.1 Å². The van der Waals surface area contributed by atoms with Crippen molar-refractivity contribution in [3.8, 4) is 0 Å². The quantitative estimate of drug-likeness (QED) is 0.912. The van der Waals surface area contributed by atoms with Gasteiger partial charge in [-0.3, -0.25) is 9.48 Å². The van der Waals surface area contributed by atoms with E-state index in [1.54, 1.807) is 13.3 Å². The number of methoxy groups -OCH3 is 1. The van der Waals surface area contributed by atoms with Crippen LogP contribution in [-0.2, 0) is 11.3 Å². The maximum absolute atomic E-state index is 13.2. The van der Waals surface area contributed by atoms with E-state index in [9.17, 15) is 9.90 Å². The van der Waals surface area contributed by atoms with E-state index in [-0.39, 0.29) is 23.7 Å². The number of benzene rings is 1. The molecule has 2 fully saturated rings. The van der Waals surface area contributed by atoms with Gasteiger partial charge < -0.3 is 14.7 Å². The summed E-state index contributed by atoms with van der Waals surface area (Å²) in [6.07, 6.45) is 6.27. The van der Waals surface area contributed by atoms with E-state index in [1.165, 1.54) is 0 Å². The van der Waals surface area contributed by atoms with Crippen LogP contribution in [0.15, 0.2) is 42.7 Å². The van der Waals surface area contributed by atoms with Gasteiger partial charge in [-0.15, -0.1) is 0 Å². The molecule has 6 heteroatoms. The van der Waals surface area contributed by atoms with E-state index in [2.05, 4.69) is 5.10 Å². The number of carbonyl (C=O) groups excluding carboxylic acids is 1. The van der Waals surface area contributed by atoms with Crippen molar-refractivity contribution in [2.24, 2.45) is 0 Å². The highest BCUT2D eigenvalue weighted by Gasteiger charge is 2.52. The van der Waals surface area contributed by atoms with E-state index in [4.69, 9.17) is 4.74 Å². The summed E-state index contributed by atoms with van der Waals surface area (Å²) in [6, 6.07) is 9.56. The van der Waals surface area contributed by atoms with Crippen molar-refractivity contribution in [3.05, 3.63) is 53.9 Å². The van der Waals surface area contributed by atoms with Crippen molar-refractivity contribution in [1.82, 2.24) is 14.7 Å². The maximum Gasteiger partial charge on any atom is 0.254 e. The molecule has 0 bridgehead atoms. The smallest absolute Gasteiger partial charge is 0.254 e. The van der Waals surface area contributed by atoms with Crippen molar-refractivity contribution in [1.29, 1.82) is 0 Å². The Hall–Kier alpha value is -2.18. The topological polar surface area (TPSA) is 67.6 Å². The minimum Gasteiger partial charge on any atom is -0.393 e. The van der Waals surface area contributed by atoms with Gasteiger partial charge in [-0.1, -0.05) is 12.1 Å². The second kappa shape index (κ2) is 6.85. The molecule has 0 unspecified atom stereocenters. The molecule has 1 saturated carbocycles. The Kier molecular flexibility index (Phi) is 4.54. The molecule has 1 aliphatic carbocycles. The summed E-state index contributed by atoms with van der Waals surface area (Å²) in [4.78, 5) is 15.1. The van der Waals surface area contributed by atoms with Crippen molar-refractivity contribution < 1.29 is 14.6 Å². The number of nitrogens with zero attached hydrogens (tertiary/aromatic N) is 3. The molecule has 1 saturated heterocycles. The Balaban J connectivity index is 1.56. The molecule has 2 aromatic rings. The summed E-state index contributed by atoms with van der Waals surface area (Å²) < 4.78 is 7.68. The molecule has 4 rings (SSSR count). The molecule has 6 nitrogen and oxygen atoms in total. The predicted octanol–water partition coefficient (Wildman–Crippen LogP) is 2.08. The number of aliphatic hydroxyl groups excluding tert-OH is 1. The molecule has 1 N–H and O–H groups in total. The number of aromatic nitrogens is 2. The number of rotatable bonds is 4. The summed E-state index contributed by atoms with van der Waals surface area (Å²) in [7, 11) is 1.73. The van der Waals surface area contributed by atoms with Crippen molar-refractivity contribution in [2.45, 2.75) is 50.0 Å². The van der Waals surface area contributed by atoms with Crippen LogP contribution in [0.1, 0.15) is 41.6 Å². The molecular formula is C20H25N3O3. The Bertz CT molecular complexity index is 776. The average molecular weight is 355 g/mol. The van der Waals surface area contributed by atoms with Crippen LogP contribution in [0.5, 0.6) is 0 Å². The van der Waals surface area contributed by atoms with Gasteiger partial charge in [0.1, 0.15) is 0 Å².